The van der Waals surface area contributed by atoms with E-state index in [0.717, 1.165) is 17.9 Å². The van der Waals surface area contributed by atoms with Crippen molar-refractivity contribution in [1.29, 1.82) is 0 Å². The van der Waals surface area contributed by atoms with E-state index in [4.69, 9.17) is 0 Å². The molecular weight excluding hydrogens is 399 g/mol. The highest BCUT2D eigenvalue weighted by atomic mass is 19.4. The summed E-state index contributed by atoms with van der Waals surface area (Å²) in [4.78, 5) is 28.3. The van der Waals surface area contributed by atoms with Gasteiger partial charge >= 0.3 is 6.18 Å². The number of carbonyl (C=O) groups is 1. The number of alkyl halides is 3. The minimum absolute atomic E-state index is 0.240. The maximum atomic E-state index is 13.3. The molecule has 3 aromatic rings. The summed E-state index contributed by atoms with van der Waals surface area (Å²) in [7, 11) is 1.59. The van der Waals surface area contributed by atoms with Crippen LogP contribution in [-0.4, -0.2) is 44.4 Å². The second-order valence-corrected chi connectivity index (χ2v) is 6.54. The lowest BCUT2D eigenvalue weighted by Crippen LogP contribution is -2.20. The molecule has 0 spiro atoms. The van der Waals surface area contributed by atoms with E-state index < -0.39 is 23.5 Å². The summed E-state index contributed by atoms with van der Waals surface area (Å²) >= 11 is 0. The number of imidazole rings is 1. The van der Waals surface area contributed by atoms with E-state index in [1.807, 2.05) is 0 Å². The highest BCUT2D eigenvalue weighted by Gasteiger charge is 2.34. The molecule has 0 bridgehead atoms. The Bertz CT molecular complexity index is 1120. The van der Waals surface area contributed by atoms with Crippen molar-refractivity contribution in [3.63, 3.8) is 0 Å². The van der Waals surface area contributed by atoms with Gasteiger partial charge in [0.25, 0.3) is 5.91 Å². The van der Waals surface area contributed by atoms with Crippen LogP contribution in [0.25, 0.3) is 11.5 Å². The van der Waals surface area contributed by atoms with Gasteiger partial charge in [-0.3, -0.25) is 9.79 Å². The largest absolute Gasteiger partial charge is 0.433 e. The lowest BCUT2D eigenvalue weighted by molar-refractivity contribution is -0.141. The average molecular weight is 415 g/mol. The molecule has 4 rings (SSSR count). The predicted octanol–water partition coefficient (Wildman–Crippen LogP) is 2.50. The van der Waals surface area contributed by atoms with E-state index in [2.05, 4.69) is 30.6 Å². The number of halogens is 3. The van der Waals surface area contributed by atoms with Crippen LogP contribution in [0.1, 0.15) is 21.7 Å². The van der Waals surface area contributed by atoms with Crippen molar-refractivity contribution in [2.24, 2.45) is 12.0 Å². The maximum Gasteiger partial charge on any atom is 0.433 e. The molecular formula is C19H16F3N7O. The third kappa shape index (κ3) is 4.00. The van der Waals surface area contributed by atoms with E-state index in [0.29, 0.717) is 18.3 Å². The van der Waals surface area contributed by atoms with Gasteiger partial charge in [0.2, 0.25) is 0 Å². The highest BCUT2D eigenvalue weighted by molar-refractivity contribution is 6.04. The van der Waals surface area contributed by atoms with Crippen molar-refractivity contribution in [3.05, 3.63) is 59.8 Å². The number of rotatable bonds is 4. The van der Waals surface area contributed by atoms with Gasteiger partial charge in [-0.25, -0.2) is 15.0 Å². The maximum absolute atomic E-state index is 13.3. The van der Waals surface area contributed by atoms with Crippen molar-refractivity contribution in [3.8, 4) is 11.5 Å². The van der Waals surface area contributed by atoms with Gasteiger partial charge in [-0.05, 0) is 24.3 Å². The van der Waals surface area contributed by atoms with E-state index in [1.165, 1.54) is 17.1 Å². The number of aromatic nitrogens is 4. The molecule has 0 unspecified atom stereocenters. The summed E-state index contributed by atoms with van der Waals surface area (Å²) < 4.78 is 41.4. The van der Waals surface area contributed by atoms with Crippen molar-refractivity contribution < 1.29 is 18.0 Å². The average Bonchev–Trinajstić information content (AvgIpc) is 3.39. The van der Waals surface area contributed by atoms with E-state index >= 15 is 0 Å². The first-order valence-corrected chi connectivity index (χ1v) is 8.94. The summed E-state index contributed by atoms with van der Waals surface area (Å²) in [6.45, 7) is 1.46. The van der Waals surface area contributed by atoms with Gasteiger partial charge in [0.05, 0.1) is 19.1 Å². The van der Waals surface area contributed by atoms with E-state index in [-0.39, 0.29) is 11.5 Å². The topological polar surface area (TPSA) is 97.1 Å². The number of benzene rings is 1. The number of aryl methyl sites for hydroxylation is 1. The number of carbonyl (C=O) groups excluding carboxylic acids is 1. The quantitative estimate of drug-likeness (QED) is 0.683. The monoisotopic (exact) mass is 415 g/mol. The summed E-state index contributed by atoms with van der Waals surface area (Å²) in [5, 5.41) is 5.70. The van der Waals surface area contributed by atoms with Crippen LogP contribution in [0, 0.1) is 0 Å². The number of nitrogens with zero attached hydrogens (tertiary/aromatic N) is 5. The fourth-order valence-corrected chi connectivity index (χ4v) is 2.89. The van der Waals surface area contributed by atoms with Crippen molar-refractivity contribution in [2.75, 3.05) is 18.4 Å². The summed E-state index contributed by atoms with van der Waals surface area (Å²) in [6.07, 6.45) is -2.00. The summed E-state index contributed by atoms with van der Waals surface area (Å²) in [5.41, 5.74) is -0.0923. The third-order valence-electron chi connectivity index (χ3n) is 4.39. The van der Waals surface area contributed by atoms with Crippen molar-refractivity contribution in [1.82, 2.24) is 24.8 Å². The second kappa shape index (κ2) is 7.58. The molecule has 2 N–H and O–H groups in total. The number of anilines is 1. The number of hydrogen-bond donors (Lipinski definition) is 2. The van der Waals surface area contributed by atoms with Crippen LogP contribution < -0.4 is 10.6 Å². The normalized spacial score (nSPS) is 13.7. The molecule has 3 heterocycles. The molecule has 0 saturated heterocycles. The first-order chi connectivity index (χ1) is 14.3. The van der Waals surface area contributed by atoms with Gasteiger partial charge in [0, 0.05) is 30.9 Å². The SMILES string of the molecule is Cn1cncc1-c1nc(C(=O)Nc2ccc(C3=NCCN3)cc2)cc(C(F)(F)F)n1. The standard InChI is InChI=1S/C19H16F3N7O/c1-29-10-23-9-14(29)17-27-13(8-15(28-17)19(20,21)22)18(30)26-12-4-2-11(3-5-12)16-24-6-7-25-16/h2-5,8-10H,6-7H2,1H3,(H,24,25)(H,26,30). The molecule has 0 radical (unpaired) electrons. The summed E-state index contributed by atoms with van der Waals surface area (Å²) in [6, 6.07) is 7.43. The molecule has 8 nitrogen and oxygen atoms in total. The molecule has 154 valence electrons. The fraction of sp³-hybridized carbons (Fsp3) is 0.211. The molecule has 1 aromatic carbocycles. The van der Waals surface area contributed by atoms with Crippen LogP contribution in [0.3, 0.4) is 0 Å². The van der Waals surface area contributed by atoms with Gasteiger partial charge in [-0.1, -0.05) is 0 Å². The Morgan fingerprint density at radius 1 is 1.20 bits per heavy atom. The van der Waals surface area contributed by atoms with Crippen molar-refractivity contribution >= 4 is 17.4 Å². The first kappa shape index (κ1) is 19.6. The Hall–Kier alpha value is -3.76. The van der Waals surface area contributed by atoms with Gasteiger partial charge in [-0.15, -0.1) is 0 Å². The van der Waals surface area contributed by atoms with Gasteiger partial charge in [0.1, 0.15) is 22.9 Å². The van der Waals surface area contributed by atoms with Crippen LogP contribution >= 0.6 is 0 Å². The highest BCUT2D eigenvalue weighted by Crippen LogP contribution is 2.29. The predicted molar refractivity (Wildman–Crippen MR) is 103 cm³/mol. The number of aliphatic imine (C=N–C) groups is 1. The second-order valence-electron chi connectivity index (χ2n) is 6.54. The number of amidine groups is 1. The fourth-order valence-electron chi connectivity index (χ4n) is 2.89. The Kier molecular flexibility index (Phi) is 4.94. The van der Waals surface area contributed by atoms with E-state index in [1.54, 1.807) is 31.3 Å². The smallest absolute Gasteiger partial charge is 0.368 e. The zero-order chi connectivity index (χ0) is 21.3. The van der Waals surface area contributed by atoms with Crippen molar-refractivity contribution in [2.45, 2.75) is 6.18 Å². The molecule has 1 aliphatic heterocycles. The van der Waals surface area contributed by atoms with Crippen LogP contribution in [0.2, 0.25) is 0 Å². The van der Waals surface area contributed by atoms with Crippen LogP contribution in [0.4, 0.5) is 18.9 Å². The Morgan fingerprint density at radius 2 is 1.97 bits per heavy atom. The number of nitrogens with one attached hydrogen (secondary N) is 2. The van der Waals surface area contributed by atoms with Crippen LogP contribution in [0.15, 0.2) is 47.8 Å². The molecule has 30 heavy (non-hydrogen) atoms. The Labute approximate surface area is 168 Å². The molecule has 0 atom stereocenters. The number of hydrogen-bond acceptors (Lipinski definition) is 6. The molecule has 11 heteroatoms. The molecule has 0 fully saturated rings. The molecule has 0 aliphatic carbocycles. The van der Waals surface area contributed by atoms with Gasteiger partial charge < -0.3 is 15.2 Å². The zero-order valence-electron chi connectivity index (χ0n) is 15.7. The van der Waals surface area contributed by atoms with Crippen LogP contribution in [0.5, 0.6) is 0 Å². The molecule has 0 saturated carbocycles. The Balaban J connectivity index is 1.62. The van der Waals surface area contributed by atoms with Gasteiger partial charge in [0.15, 0.2) is 5.82 Å². The molecule has 1 amide bonds. The zero-order valence-corrected chi connectivity index (χ0v) is 15.7. The van der Waals surface area contributed by atoms with E-state index in [9.17, 15) is 18.0 Å². The lowest BCUT2D eigenvalue weighted by atomic mass is 10.2. The minimum Gasteiger partial charge on any atom is -0.368 e. The lowest BCUT2D eigenvalue weighted by Gasteiger charge is -2.11. The molecule has 1 aliphatic rings. The number of amides is 1. The molecule has 2 aromatic heterocycles. The van der Waals surface area contributed by atoms with Gasteiger partial charge in [-0.2, -0.15) is 13.2 Å². The third-order valence-corrected chi connectivity index (χ3v) is 4.39. The Morgan fingerprint density at radius 3 is 2.57 bits per heavy atom. The minimum atomic E-state index is -4.73. The first-order valence-electron chi connectivity index (χ1n) is 8.94. The van der Waals surface area contributed by atoms with Crippen LogP contribution in [-0.2, 0) is 13.2 Å². The summed E-state index contributed by atoms with van der Waals surface area (Å²) in [5.74, 6) is -0.259.